The smallest absolute Gasteiger partial charge is 0.272 e. The Morgan fingerprint density at radius 2 is 2.07 bits per heavy atom. The summed E-state index contributed by atoms with van der Waals surface area (Å²) in [6, 6.07) is 9.24. The van der Waals surface area contributed by atoms with Crippen LogP contribution >= 0.6 is 0 Å². The summed E-state index contributed by atoms with van der Waals surface area (Å²) in [4.78, 5) is 15.7. The minimum Gasteiger partial charge on any atom is -0.393 e. The van der Waals surface area contributed by atoms with E-state index in [0.717, 1.165) is 5.56 Å². The Morgan fingerprint density at radius 3 is 2.73 bits per heavy atom. The van der Waals surface area contributed by atoms with E-state index in [4.69, 9.17) is 5.11 Å². The summed E-state index contributed by atoms with van der Waals surface area (Å²) >= 11 is 0. The number of benzene rings is 1. The van der Waals surface area contributed by atoms with Gasteiger partial charge in [-0.15, -0.1) is 0 Å². The first-order chi connectivity index (χ1) is 7.33. The molecule has 0 fully saturated rings. The van der Waals surface area contributed by atoms with Gasteiger partial charge in [-0.2, -0.15) is 0 Å². The number of aliphatic hydroxyl groups is 1. The van der Waals surface area contributed by atoms with Gasteiger partial charge in [0.1, 0.15) is 6.61 Å². The van der Waals surface area contributed by atoms with Crippen LogP contribution in [-0.4, -0.2) is 24.2 Å². The van der Waals surface area contributed by atoms with Crippen molar-refractivity contribution in [2.45, 2.75) is 6.42 Å². The zero-order chi connectivity index (χ0) is 10.9. The summed E-state index contributed by atoms with van der Waals surface area (Å²) in [6.07, 6.45) is 0.201. The Kier molecular flexibility index (Phi) is 5.03. The molecule has 0 aromatic heterocycles. The minimum absolute atomic E-state index is 0.0438. The Morgan fingerprint density at radius 1 is 1.33 bits per heavy atom. The Labute approximate surface area is 87.4 Å². The molecule has 1 amide bonds. The van der Waals surface area contributed by atoms with E-state index in [-0.39, 0.29) is 25.5 Å². The molecule has 0 saturated heterocycles. The molecule has 5 nitrogen and oxygen atoms in total. The fraction of sp³-hybridized carbons (Fsp3) is 0.300. The number of carbonyl (C=O) groups is 1. The second kappa shape index (κ2) is 6.67. The van der Waals surface area contributed by atoms with Gasteiger partial charge in [0.05, 0.1) is 13.0 Å². The van der Waals surface area contributed by atoms with Crippen molar-refractivity contribution >= 4 is 5.91 Å². The van der Waals surface area contributed by atoms with Gasteiger partial charge in [-0.3, -0.25) is 4.79 Å². The van der Waals surface area contributed by atoms with Crippen molar-refractivity contribution in [3.63, 3.8) is 0 Å². The topological polar surface area (TPSA) is 71.2 Å². The van der Waals surface area contributed by atoms with Crippen molar-refractivity contribution in [2.75, 3.05) is 13.2 Å². The maximum absolute atomic E-state index is 11.2. The molecule has 0 bridgehead atoms. The molecule has 1 N–H and O–H groups in total. The average Bonchev–Trinajstić information content (AvgIpc) is 2.26. The first kappa shape index (κ1) is 11.3. The molecule has 1 aromatic carbocycles. The largest absolute Gasteiger partial charge is 0.393 e. The molecule has 0 saturated carbocycles. The summed E-state index contributed by atoms with van der Waals surface area (Å²) in [6.45, 7) is -0.103. The number of carbonyl (C=O) groups excluding carboxylic acids is 1. The molecular formula is C10H12N2O3. The quantitative estimate of drug-likeness (QED) is 0.448. The highest BCUT2D eigenvalue weighted by Gasteiger charge is 2.00. The van der Waals surface area contributed by atoms with E-state index in [2.05, 4.69) is 15.2 Å². The van der Waals surface area contributed by atoms with Crippen LogP contribution in [0.2, 0.25) is 0 Å². The van der Waals surface area contributed by atoms with Crippen molar-refractivity contribution in [1.29, 1.82) is 0 Å². The number of hydrogen-bond donors (Lipinski definition) is 1. The zero-order valence-electron chi connectivity index (χ0n) is 8.17. The number of amides is 1. The van der Waals surface area contributed by atoms with E-state index in [1.54, 1.807) is 0 Å². The highest BCUT2D eigenvalue weighted by Crippen LogP contribution is 2.00. The first-order valence-electron chi connectivity index (χ1n) is 4.53. The van der Waals surface area contributed by atoms with Crippen molar-refractivity contribution in [3.05, 3.63) is 35.9 Å². The summed E-state index contributed by atoms with van der Waals surface area (Å²) in [5.41, 5.74) is 0.878. The maximum Gasteiger partial charge on any atom is 0.272 e. The third-order valence-corrected chi connectivity index (χ3v) is 1.59. The van der Waals surface area contributed by atoms with Gasteiger partial charge in [0, 0.05) is 5.28 Å². The number of nitrogens with zero attached hydrogens (tertiary/aromatic N) is 2. The second-order valence-corrected chi connectivity index (χ2v) is 2.79. The molecule has 1 aromatic rings. The molecule has 0 heterocycles. The van der Waals surface area contributed by atoms with Gasteiger partial charge in [0.15, 0.2) is 0 Å². The molecule has 80 valence electrons. The lowest BCUT2D eigenvalue weighted by atomic mass is 10.1. The third kappa shape index (κ3) is 4.87. The Hall–Kier alpha value is -1.75. The molecule has 0 aliphatic carbocycles. The fourth-order valence-corrected chi connectivity index (χ4v) is 0.962. The van der Waals surface area contributed by atoms with E-state index < -0.39 is 0 Å². The summed E-state index contributed by atoms with van der Waals surface area (Å²) < 4.78 is 0. The van der Waals surface area contributed by atoms with E-state index >= 15 is 0 Å². The van der Waals surface area contributed by atoms with Crippen LogP contribution in [-0.2, 0) is 16.1 Å². The third-order valence-electron chi connectivity index (χ3n) is 1.59. The zero-order valence-corrected chi connectivity index (χ0v) is 8.17. The molecule has 1 rings (SSSR count). The highest BCUT2D eigenvalue weighted by atomic mass is 16.6. The molecular weight excluding hydrogens is 196 g/mol. The summed E-state index contributed by atoms with van der Waals surface area (Å²) in [5.74, 6) is -0.376. The number of aliphatic hydroxyl groups excluding tert-OH is 1. The van der Waals surface area contributed by atoms with Crippen LogP contribution in [0.5, 0.6) is 0 Å². The number of rotatable bonds is 5. The lowest BCUT2D eigenvalue weighted by molar-refractivity contribution is -0.118. The predicted molar refractivity (Wildman–Crippen MR) is 53.0 cm³/mol. The SMILES string of the molecule is O=C(Cc1ccccc1)N=NOCCO. The van der Waals surface area contributed by atoms with E-state index in [9.17, 15) is 4.79 Å². The molecule has 0 aliphatic rings. The van der Waals surface area contributed by atoms with Crippen LogP contribution in [0.15, 0.2) is 40.7 Å². The van der Waals surface area contributed by atoms with Gasteiger partial charge >= 0.3 is 0 Å². The summed E-state index contributed by atoms with van der Waals surface area (Å²) in [7, 11) is 0. The van der Waals surface area contributed by atoms with Crippen molar-refractivity contribution in [3.8, 4) is 0 Å². The molecule has 0 aliphatic heterocycles. The molecule has 0 spiro atoms. The summed E-state index contributed by atoms with van der Waals surface area (Å²) in [5, 5.41) is 14.8. The molecule has 0 unspecified atom stereocenters. The monoisotopic (exact) mass is 208 g/mol. The van der Waals surface area contributed by atoms with Crippen LogP contribution in [0.4, 0.5) is 0 Å². The second-order valence-electron chi connectivity index (χ2n) is 2.79. The molecule has 0 atom stereocenters. The maximum atomic E-state index is 11.2. The Bertz CT molecular complexity index is 325. The van der Waals surface area contributed by atoms with Crippen molar-refractivity contribution in [1.82, 2.24) is 0 Å². The molecule has 5 heteroatoms. The van der Waals surface area contributed by atoms with Crippen LogP contribution in [0.3, 0.4) is 0 Å². The van der Waals surface area contributed by atoms with Crippen LogP contribution in [0, 0.1) is 0 Å². The number of hydrogen-bond acceptors (Lipinski definition) is 4. The van der Waals surface area contributed by atoms with Gasteiger partial charge in [0.25, 0.3) is 5.91 Å². The van der Waals surface area contributed by atoms with Crippen LogP contribution in [0.25, 0.3) is 0 Å². The van der Waals surface area contributed by atoms with Gasteiger partial charge in [0.2, 0.25) is 0 Å². The van der Waals surface area contributed by atoms with E-state index in [1.807, 2.05) is 30.3 Å². The lowest BCUT2D eigenvalue weighted by Gasteiger charge is -1.95. The average molecular weight is 208 g/mol. The highest BCUT2D eigenvalue weighted by molar-refractivity contribution is 5.78. The van der Waals surface area contributed by atoms with Gasteiger partial charge in [-0.25, -0.2) is 0 Å². The van der Waals surface area contributed by atoms with Gasteiger partial charge < -0.3 is 9.94 Å². The lowest BCUT2D eigenvalue weighted by Crippen LogP contribution is -1.99. The first-order valence-corrected chi connectivity index (χ1v) is 4.53. The van der Waals surface area contributed by atoms with Crippen molar-refractivity contribution < 1.29 is 14.7 Å². The van der Waals surface area contributed by atoms with E-state index in [1.165, 1.54) is 0 Å². The van der Waals surface area contributed by atoms with Gasteiger partial charge in [-0.05, 0) is 5.56 Å². The van der Waals surface area contributed by atoms with Gasteiger partial charge in [-0.1, -0.05) is 35.4 Å². The van der Waals surface area contributed by atoms with E-state index in [0.29, 0.717) is 0 Å². The fourth-order valence-electron chi connectivity index (χ4n) is 0.962. The van der Waals surface area contributed by atoms with Crippen LogP contribution in [0.1, 0.15) is 5.56 Å². The molecule has 0 radical (unpaired) electrons. The standard InChI is InChI=1S/C10H12N2O3/c13-6-7-15-12-11-10(14)8-9-4-2-1-3-5-9/h1-5,13H,6-8H2. The molecule has 15 heavy (non-hydrogen) atoms. The van der Waals surface area contributed by atoms with Crippen LogP contribution < -0.4 is 0 Å². The minimum atomic E-state index is -0.376. The normalized spacial score (nSPS) is 10.5. The van der Waals surface area contributed by atoms with Crippen molar-refractivity contribution in [2.24, 2.45) is 10.4 Å². The Balaban J connectivity index is 2.33. The predicted octanol–water partition coefficient (Wildman–Crippen LogP) is 1.13.